The monoisotopic (exact) mass is 418 g/mol. The minimum atomic E-state index is -1.06. The summed E-state index contributed by atoms with van der Waals surface area (Å²) < 4.78 is 7.32. The summed E-state index contributed by atoms with van der Waals surface area (Å²) in [6.45, 7) is 2.27. The fraction of sp³-hybridized carbons (Fsp3) is 0.273. The molecule has 1 saturated heterocycles. The van der Waals surface area contributed by atoms with Crippen LogP contribution in [0.1, 0.15) is 18.7 Å². The Hall–Kier alpha value is -3.40. The number of pyridine rings is 1. The van der Waals surface area contributed by atoms with Crippen molar-refractivity contribution in [2.45, 2.75) is 38.0 Å². The van der Waals surface area contributed by atoms with Gasteiger partial charge in [0.15, 0.2) is 23.2 Å². The second kappa shape index (κ2) is 8.03. The van der Waals surface area contributed by atoms with E-state index in [1.165, 1.54) is 6.33 Å². The summed E-state index contributed by atoms with van der Waals surface area (Å²) in [5.74, 6) is 0.582. The number of ether oxygens (including phenoxy) is 1. The normalized spacial score (nSPS) is 23.3. The Labute approximate surface area is 178 Å². The molecule has 3 N–H and O–H groups in total. The van der Waals surface area contributed by atoms with Crippen molar-refractivity contribution in [1.29, 1.82) is 0 Å². The molecule has 4 aromatic rings. The van der Waals surface area contributed by atoms with Gasteiger partial charge in [0.25, 0.3) is 0 Å². The van der Waals surface area contributed by atoms with Gasteiger partial charge in [-0.3, -0.25) is 9.55 Å². The van der Waals surface area contributed by atoms with Gasteiger partial charge in [0, 0.05) is 18.3 Å². The SMILES string of the molecule is C[C@H]1O[C@@H](n2cnc3c(NCc4ccc(-c5ccccn5)cc4)ncnc32)[C@H](O)[C@@H]1O. The average Bonchev–Trinajstić information content (AvgIpc) is 3.35. The number of imidazole rings is 1. The lowest BCUT2D eigenvalue weighted by Crippen LogP contribution is -2.30. The van der Waals surface area contributed by atoms with Crippen LogP contribution in [0.25, 0.3) is 22.4 Å². The van der Waals surface area contributed by atoms with E-state index in [2.05, 4.69) is 25.3 Å². The van der Waals surface area contributed by atoms with Crippen LogP contribution in [0.5, 0.6) is 0 Å². The Morgan fingerprint density at radius 3 is 2.55 bits per heavy atom. The van der Waals surface area contributed by atoms with Crippen molar-refractivity contribution in [1.82, 2.24) is 24.5 Å². The van der Waals surface area contributed by atoms with Crippen LogP contribution in [0, 0.1) is 0 Å². The maximum atomic E-state index is 10.3. The van der Waals surface area contributed by atoms with Gasteiger partial charge < -0.3 is 20.3 Å². The summed E-state index contributed by atoms with van der Waals surface area (Å²) in [7, 11) is 0. The van der Waals surface area contributed by atoms with Gasteiger partial charge in [-0.2, -0.15) is 0 Å². The summed E-state index contributed by atoms with van der Waals surface area (Å²) in [4.78, 5) is 17.4. The number of anilines is 1. The van der Waals surface area contributed by atoms with Crippen molar-refractivity contribution >= 4 is 17.0 Å². The van der Waals surface area contributed by atoms with Crippen LogP contribution < -0.4 is 5.32 Å². The third-order valence-electron chi connectivity index (χ3n) is 5.48. The number of nitrogens with one attached hydrogen (secondary N) is 1. The van der Waals surface area contributed by atoms with Gasteiger partial charge in [-0.05, 0) is 24.6 Å². The molecule has 4 heterocycles. The van der Waals surface area contributed by atoms with Crippen LogP contribution in [0.3, 0.4) is 0 Å². The third kappa shape index (κ3) is 3.63. The summed E-state index contributed by atoms with van der Waals surface area (Å²) in [6, 6.07) is 14.0. The van der Waals surface area contributed by atoms with Crippen molar-refractivity contribution < 1.29 is 14.9 Å². The second-order valence-corrected chi connectivity index (χ2v) is 7.52. The molecule has 0 bridgehead atoms. The highest BCUT2D eigenvalue weighted by Crippen LogP contribution is 2.32. The number of aromatic nitrogens is 5. The highest BCUT2D eigenvalue weighted by Gasteiger charge is 2.42. The fourth-order valence-electron chi connectivity index (χ4n) is 3.74. The topological polar surface area (TPSA) is 118 Å². The molecular formula is C22H22N6O3. The molecule has 1 aromatic carbocycles. The van der Waals surface area contributed by atoms with Gasteiger partial charge in [-0.25, -0.2) is 15.0 Å². The van der Waals surface area contributed by atoms with Gasteiger partial charge >= 0.3 is 0 Å². The lowest BCUT2D eigenvalue weighted by Gasteiger charge is -2.16. The smallest absolute Gasteiger partial charge is 0.167 e. The standard InChI is InChI=1S/C22H22N6O3/c1-13-18(29)19(30)22(31-13)28-12-27-17-20(25-11-26-21(17)28)24-10-14-5-7-15(8-6-14)16-4-2-3-9-23-16/h2-9,11-13,18-19,22,29-30H,10H2,1H3,(H,24,25,26)/t13-,18-,19-,22-/m1/s1. The van der Waals surface area contributed by atoms with Crippen molar-refractivity contribution in [2.75, 3.05) is 5.32 Å². The molecule has 4 atom stereocenters. The number of fused-ring (bicyclic) bond motifs is 1. The first kappa shape index (κ1) is 19.6. The van der Waals surface area contributed by atoms with E-state index in [1.54, 1.807) is 24.0 Å². The molecule has 0 amide bonds. The van der Waals surface area contributed by atoms with E-state index < -0.39 is 24.5 Å². The van der Waals surface area contributed by atoms with Crippen molar-refractivity contribution in [3.05, 3.63) is 66.9 Å². The Balaban J connectivity index is 1.34. The molecule has 0 saturated carbocycles. The maximum Gasteiger partial charge on any atom is 0.167 e. The predicted molar refractivity (Wildman–Crippen MR) is 114 cm³/mol. The first-order chi connectivity index (χ1) is 15.1. The van der Waals surface area contributed by atoms with Gasteiger partial charge in [0.1, 0.15) is 18.5 Å². The summed E-state index contributed by atoms with van der Waals surface area (Å²) in [5.41, 5.74) is 4.16. The van der Waals surface area contributed by atoms with E-state index in [9.17, 15) is 10.2 Å². The minimum Gasteiger partial charge on any atom is -0.388 e. The molecule has 1 fully saturated rings. The fourth-order valence-corrected chi connectivity index (χ4v) is 3.74. The van der Waals surface area contributed by atoms with Crippen LogP contribution in [0.2, 0.25) is 0 Å². The number of hydrogen-bond donors (Lipinski definition) is 3. The number of hydrogen-bond acceptors (Lipinski definition) is 8. The Kier molecular flexibility index (Phi) is 5.06. The Morgan fingerprint density at radius 1 is 1.00 bits per heavy atom. The summed E-state index contributed by atoms with van der Waals surface area (Å²) >= 11 is 0. The van der Waals surface area contributed by atoms with Crippen LogP contribution in [0.15, 0.2) is 61.3 Å². The van der Waals surface area contributed by atoms with Crippen molar-refractivity contribution in [2.24, 2.45) is 0 Å². The van der Waals surface area contributed by atoms with E-state index in [-0.39, 0.29) is 0 Å². The number of benzene rings is 1. The number of aliphatic hydroxyl groups is 2. The molecule has 31 heavy (non-hydrogen) atoms. The molecular weight excluding hydrogens is 396 g/mol. The van der Waals surface area contributed by atoms with E-state index in [1.807, 2.05) is 42.5 Å². The molecule has 0 radical (unpaired) electrons. The molecule has 0 spiro atoms. The third-order valence-corrected chi connectivity index (χ3v) is 5.48. The minimum absolute atomic E-state index is 0.481. The number of nitrogens with zero attached hydrogens (tertiary/aromatic N) is 5. The van der Waals surface area contributed by atoms with E-state index in [4.69, 9.17) is 4.74 Å². The molecule has 9 heteroatoms. The zero-order valence-electron chi connectivity index (χ0n) is 16.8. The molecule has 1 aliphatic rings. The number of aliphatic hydroxyl groups excluding tert-OH is 2. The predicted octanol–water partition coefficient (Wildman–Crippen LogP) is 2.14. The lowest BCUT2D eigenvalue weighted by molar-refractivity contribution is -0.0299. The maximum absolute atomic E-state index is 10.3. The summed E-state index contributed by atoms with van der Waals surface area (Å²) in [5, 5.41) is 23.6. The van der Waals surface area contributed by atoms with Gasteiger partial charge in [-0.1, -0.05) is 30.3 Å². The number of rotatable bonds is 5. The Morgan fingerprint density at radius 2 is 1.84 bits per heavy atom. The molecule has 5 rings (SSSR count). The zero-order chi connectivity index (χ0) is 21.4. The van der Waals surface area contributed by atoms with Crippen LogP contribution in [0.4, 0.5) is 5.82 Å². The highest BCUT2D eigenvalue weighted by atomic mass is 16.6. The van der Waals surface area contributed by atoms with E-state index in [0.717, 1.165) is 16.8 Å². The molecule has 0 unspecified atom stereocenters. The van der Waals surface area contributed by atoms with Crippen LogP contribution >= 0.6 is 0 Å². The van der Waals surface area contributed by atoms with Gasteiger partial charge in [-0.15, -0.1) is 0 Å². The quantitative estimate of drug-likeness (QED) is 0.451. The molecule has 0 aliphatic carbocycles. The van der Waals surface area contributed by atoms with E-state index >= 15 is 0 Å². The first-order valence-electron chi connectivity index (χ1n) is 10.0. The Bertz CT molecular complexity index is 1180. The second-order valence-electron chi connectivity index (χ2n) is 7.52. The molecule has 9 nitrogen and oxygen atoms in total. The van der Waals surface area contributed by atoms with Crippen LogP contribution in [-0.2, 0) is 11.3 Å². The average molecular weight is 418 g/mol. The van der Waals surface area contributed by atoms with Crippen molar-refractivity contribution in [3.63, 3.8) is 0 Å². The van der Waals surface area contributed by atoms with Crippen molar-refractivity contribution in [3.8, 4) is 11.3 Å². The largest absolute Gasteiger partial charge is 0.388 e. The van der Waals surface area contributed by atoms with E-state index in [0.29, 0.717) is 23.5 Å². The van der Waals surface area contributed by atoms with Gasteiger partial charge in [0.05, 0.1) is 18.1 Å². The van der Waals surface area contributed by atoms with Crippen LogP contribution in [-0.4, -0.2) is 53.0 Å². The first-order valence-corrected chi connectivity index (χ1v) is 10.0. The summed E-state index contributed by atoms with van der Waals surface area (Å²) in [6.07, 6.45) is 1.51. The molecule has 3 aromatic heterocycles. The van der Waals surface area contributed by atoms with Gasteiger partial charge in [0.2, 0.25) is 0 Å². The zero-order valence-corrected chi connectivity index (χ0v) is 16.8. The molecule has 158 valence electrons. The molecule has 1 aliphatic heterocycles. The lowest BCUT2D eigenvalue weighted by atomic mass is 10.1. The highest BCUT2D eigenvalue weighted by molar-refractivity contribution is 5.82.